The number of carbonyl (C=O) groups is 2. The second-order valence-corrected chi connectivity index (χ2v) is 7.07. The minimum Gasteiger partial charge on any atom is -0.464 e. The van der Waals surface area contributed by atoms with E-state index < -0.39 is 5.91 Å². The van der Waals surface area contributed by atoms with Crippen molar-refractivity contribution in [1.29, 1.82) is 0 Å². The number of carbonyl (C=O) groups excluding carboxylic acids is 2. The molecule has 0 aliphatic heterocycles. The maximum absolute atomic E-state index is 12.4. The molecule has 140 valence electrons. The van der Waals surface area contributed by atoms with Gasteiger partial charge in [0.25, 0.3) is 5.91 Å². The van der Waals surface area contributed by atoms with Crippen LogP contribution in [0.2, 0.25) is 10.0 Å². The molecule has 0 spiro atoms. The molecular weight excluding hydrogens is 399 g/mol. The largest absolute Gasteiger partial charge is 0.464 e. The average Bonchev–Trinajstić information content (AvgIpc) is 3.11. The van der Waals surface area contributed by atoms with E-state index in [4.69, 9.17) is 27.6 Å². The van der Waals surface area contributed by atoms with Gasteiger partial charge in [-0.2, -0.15) is 0 Å². The van der Waals surface area contributed by atoms with E-state index in [1.807, 2.05) is 36.4 Å². The summed E-state index contributed by atoms with van der Waals surface area (Å²) >= 11 is 11.9. The first-order chi connectivity index (χ1) is 13.5. The standard InChI is InChI=1S/C21H14Cl2N2O3/c22-14-6-7-17(23)16(10-14)21(27)25-24-19(26)9-13-11-28-18-8-5-12-3-1-2-4-15(12)20(13)18/h1-8,10-11H,9H2,(H,24,26)(H,25,27). The molecule has 0 saturated carbocycles. The first-order valence-corrected chi connectivity index (χ1v) is 9.20. The second-order valence-electron chi connectivity index (χ2n) is 6.22. The highest BCUT2D eigenvalue weighted by atomic mass is 35.5. The van der Waals surface area contributed by atoms with Crippen LogP contribution in [-0.4, -0.2) is 11.8 Å². The lowest BCUT2D eigenvalue weighted by atomic mass is 10.0. The molecule has 0 aliphatic carbocycles. The zero-order chi connectivity index (χ0) is 19.7. The van der Waals surface area contributed by atoms with Crippen molar-refractivity contribution in [2.24, 2.45) is 0 Å². The molecule has 0 unspecified atom stereocenters. The predicted molar refractivity (Wildman–Crippen MR) is 109 cm³/mol. The van der Waals surface area contributed by atoms with Gasteiger partial charge < -0.3 is 4.42 Å². The van der Waals surface area contributed by atoms with Crippen LogP contribution in [0.1, 0.15) is 15.9 Å². The summed E-state index contributed by atoms with van der Waals surface area (Å²) < 4.78 is 5.58. The van der Waals surface area contributed by atoms with E-state index in [0.717, 1.165) is 21.7 Å². The van der Waals surface area contributed by atoms with Crippen LogP contribution in [0.3, 0.4) is 0 Å². The number of nitrogens with one attached hydrogen (secondary N) is 2. The first-order valence-electron chi connectivity index (χ1n) is 8.45. The van der Waals surface area contributed by atoms with Gasteiger partial charge in [0.1, 0.15) is 5.58 Å². The molecule has 0 atom stereocenters. The molecule has 0 radical (unpaired) electrons. The normalized spacial score (nSPS) is 10.9. The Morgan fingerprint density at radius 3 is 2.64 bits per heavy atom. The Kier molecular flexibility index (Phi) is 4.94. The Bertz CT molecular complexity index is 1220. The van der Waals surface area contributed by atoms with Crippen LogP contribution in [0.5, 0.6) is 0 Å². The van der Waals surface area contributed by atoms with Crippen molar-refractivity contribution in [2.45, 2.75) is 6.42 Å². The fraction of sp³-hybridized carbons (Fsp3) is 0.0476. The lowest BCUT2D eigenvalue weighted by Gasteiger charge is -2.09. The van der Waals surface area contributed by atoms with Crippen LogP contribution < -0.4 is 10.9 Å². The Morgan fingerprint density at radius 2 is 1.79 bits per heavy atom. The van der Waals surface area contributed by atoms with Crippen molar-refractivity contribution >= 4 is 56.8 Å². The van der Waals surface area contributed by atoms with Crippen LogP contribution in [0.15, 0.2) is 65.3 Å². The van der Waals surface area contributed by atoms with Crippen molar-refractivity contribution in [3.63, 3.8) is 0 Å². The number of hydrazine groups is 1. The van der Waals surface area contributed by atoms with Gasteiger partial charge in [0.05, 0.1) is 23.3 Å². The van der Waals surface area contributed by atoms with Gasteiger partial charge in [-0.3, -0.25) is 20.4 Å². The fourth-order valence-corrected chi connectivity index (χ4v) is 3.46. The van der Waals surface area contributed by atoms with Gasteiger partial charge in [-0.05, 0) is 35.0 Å². The third-order valence-corrected chi connectivity index (χ3v) is 4.94. The molecule has 4 rings (SSSR count). The molecule has 2 amide bonds. The molecule has 28 heavy (non-hydrogen) atoms. The number of amides is 2. The number of hydrogen-bond acceptors (Lipinski definition) is 3. The van der Waals surface area contributed by atoms with E-state index in [0.29, 0.717) is 10.6 Å². The highest BCUT2D eigenvalue weighted by Crippen LogP contribution is 2.30. The summed E-state index contributed by atoms with van der Waals surface area (Å²) in [7, 11) is 0. The molecule has 0 bridgehead atoms. The van der Waals surface area contributed by atoms with Crippen LogP contribution in [0.25, 0.3) is 21.7 Å². The fourth-order valence-electron chi connectivity index (χ4n) is 3.09. The Morgan fingerprint density at radius 1 is 0.964 bits per heavy atom. The molecule has 5 nitrogen and oxygen atoms in total. The van der Waals surface area contributed by atoms with Crippen molar-refractivity contribution in [1.82, 2.24) is 10.9 Å². The molecular formula is C21H14Cl2N2O3. The molecule has 0 fully saturated rings. The Hall–Kier alpha value is -3.02. The van der Waals surface area contributed by atoms with Crippen molar-refractivity contribution in [2.75, 3.05) is 0 Å². The van der Waals surface area contributed by atoms with Gasteiger partial charge in [-0.1, -0.05) is 53.5 Å². The first kappa shape index (κ1) is 18.3. The number of benzene rings is 3. The van der Waals surface area contributed by atoms with E-state index in [-0.39, 0.29) is 22.9 Å². The van der Waals surface area contributed by atoms with Gasteiger partial charge in [0.2, 0.25) is 5.91 Å². The summed E-state index contributed by atoms with van der Waals surface area (Å²) in [6.45, 7) is 0. The smallest absolute Gasteiger partial charge is 0.271 e. The monoisotopic (exact) mass is 412 g/mol. The summed E-state index contributed by atoms with van der Waals surface area (Å²) in [5.74, 6) is -0.939. The SMILES string of the molecule is O=C(Cc1coc2ccc3ccccc3c12)NNC(=O)c1cc(Cl)ccc1Cl. The minimum atomic E-state index is -0.552. The summed E-state index contributed by atoms with van der Waals surface area (Å²) in [6.07, 6.45) is 1.61. The zero-order valence-electron chi connectivity index (χ0n) is 14.5. The summed E-state index contributed by atoms with van der Waals surface area (Å²) in [5, 5.41) is 3.56. The summed E-state index contributed by atoms with van der Waals surface area (Å²) in [5.41, 5.74) is 6.36. The van der Waals surface area contributed by atoms with Crippen molar-refractivity contribution in [3.05, 3.63) is 82.0 Å². The highest BCUT2D eigenvalue weighted by Gasteiger charge is 2.15. The molecule has 7 heteroatoms. The number of furan rings is 1. The van der Waals surface area contributed by atoms with E-state index in [1.165, 1.54) is 12.1 Å². The van der Waals surface area contributed by atoms with Crippen LogP contribution >= 0.6 is 23.2 Å². The van der Waals surface area contributed by atoms with Crippen LogP contribution in [0.4, 0.5) is 0 Å². The number of rotatable bonds is 3. The maximum Gasteiger partial charge on any atom is 0.271 e. The maximum atomic E-state index is 12.4. The van der Waals surface area contributed by atoms with Crippen molar-refractivity contribution < 1.29 is 14.0 Å². The lowest BCUT2D eigenvalue weighted by molar-refractivity contribution is -0.121. The number of fused-ring (bicyclic) bond motifs is 3. The third kappa shape index (κ3) is 3.54. The minimum absolute atomic E-state index is 0.0462. The summed E-state index contributed by atoms with van der Waals surface area (Å²) in [6, 6.07) is 16.3. The number of halogens is 2. The highest BCUT2D eigenvalue weighted by molar-refractivity contribution is 6.35. The summed E-state index contributed by atoms with van der Waals surface area (Å²) in [4.78, 5) is 24.6. The van der Waals surface area contributed by atoms with E-state index in [1.54, 1.807) is 12.3 Å². The topological polar surface area (TPSA) is 71.3 Å². The molecule has 4 aromatic rings. The number of hydrogen-bond donors (Lipinski definition) is 2. The lowest BCUT2D eigenvalue weighted by Crippen LogP contribution is -2.42. The van der Waals surface area contributed by atoms with Gasteiger partial charge in [-0.25, -0.2) is 0 Å². The zero-order valence-corrected chi connectivity index (χ0v) is 16.0. The quantitative estimate of drug-likeness (QED) is 0.470. The molecule has 2 N–H and O–H groups in total. The van der Waals surface area contributed by atoms with E-state index in [2.05, 4.69) is 10.9 Å². The van der Waals surface area contributed by atoms with E-state index in [9.17, 15) is 9.59 Å². The predicted octanol–water partition coefficient (Wildman–Crippen LogP) is 4.90. The van der Waals surface area contributed by atoms with Crippen LogP contribution in [0, 0.1) is 0 Å². The van der Waals surface area contributed by atoms with Gasteiger partial charge in [-0.15, -0.1) is 0 Å². The van der Waals surface area contributed by atoms with E-state index >= 15 is 0 Å². The molecule has 0 saturated heterocycles. The molecule has 1 aromatic heterocycles. The average molecular weight is 413 g/mol. The molecule has 1 heterocycles. The van der Waals surface area contributed by atoms with Crippen LogP contribution in [-0.2, 0) is 11.2 Å². The van der Waals surface area contributed by atoms with Gasteiger partial charge in [0, 0.05) is 16.0 Å². The third-order valence-electron chi connectivity index (χ3n) is 4.38. The Balaban J connectivity index is 1.51. The Labute approximate surface area is 170 Å². The van der Waals surface area contributed by atoms with Gasteiger partial charge >= 0.3 is 0 Å². The second kappa shape index (κ2) is 7.54. The molecule has 3 aromatic carbocycles. The van der Waals surface area contributed by atoms with Crippen molar-refractivity contribution in [3.8, 4) is 0 Å². The van der Waals surface area contributed by atoms with Gasteiger partial charge in [0.15, 0.2) is 0 Å². The molecule has 0 aliphatic rings.